The number of Topliss-reactive ketones (excluding diaryl/α,β-unsaturated/α-hetero) is 2. The summed E-state index contributed by atoms with van der Waals surface area (Å²) < 4.78 is 9.98. The fourth-order valence-electron chi connectivity index (χ4n) is 3.40. The summed E-state index contributed by atoms with van der Waals surface area (Å²) in [5.41, 5.74) is 0. The fourth-order valence-corrected chi connectivity index (χ4v) is 3.40. The Balaban J connectivity index is 1.53. The van der Waals surface area contributed by atoms with E-state index in [1.165, 1.54) is 0 Å². The van der Waals surface area contributed by atoms with Gasteiger partial charge in [-0.1, -0.05) is 0 Å². The molecule has 6 nitrogen and oxygen atoms in total. The van der Waals surface area contributed by atoms with Crippen LogP contribution in [0.15, 0.2) is 0 Å². The van der Waals surface area contributed by atoms with Gasteiger partial charge in [-0.15, -0.1) is 0 Å². The molecule has 0 aromatic rings. The topological polar surface area (TPSA) is 86.7 Å². The van der Waals surface area contributed by atoms with Crippen LogP contribution >= 0.6 is 0 Å². The highest BCUT2D eigenvalue weighted by Crippen LogP contribution is 2.22. The van der Waals surface area contributed by atoms with Gasteiger partial charge in [0.05, 0.1) is 25.0 Å². The molecule has 2 aliphatic rings. The van der Waals surface area contributed by atoms with E-state index in [0.717, 1.165) is 25.7 Å². The van der Waals surface area contributed by atoms with Crippen molar-refractivity contribution in [2.75, 3.05) is 13.2 Å². The summed E-state index contributed by atoms with van der Waals surface area (Å²) >= 11 is 0. The Morgan fingerprint density at radius 1 is 0.760 bits per heavy atom. The molecule has 0 N–H and O–H groups in total. The van der Waals surface area contributed by atoms with Crippen molar-refractivity contribution in [2.45, 2.75) is 70.6 Å². The first-order valence-electron chi connectivity index (χ1n) is 9.43. The van der Waals surface area contributed by atoms with E-state index < -0.39 is 0 Å². The highest BCUT2D eigenvalue weighted by atomic mass is 16.5. The Morgan fingerprint density at radius 2 is 1.20 bits per heavy atom. The zero-order valence-corrected chi connectivity index (χ0v) is 14.8. The Kier molecular flexibility index (Phi) is 8.09. The standard InChI is InChI=1S/C19H28O6/c20-16(10-8-14-4-2-12-24-18(14)22)6-1-7-17(21)11-9-15-5-3-13-25-19(15)23/h14-15H,1-13H2. The van der Waals surface area contributed by atoms with Crippen molar-refractivity contribution >= 4 is 23.5 Å². The van der Waals surface area contributed by atoms with Crippen molar-refractivity contribution in [3.63, 3.8) is 0 Å². The van der Waals surface area contributed by atoms with Crippen LogP contribution in [0.5, 0.6) is 0 Å². The quantitative estimate of drug-likeness (QED) is 0.562. The second kappa shape index (κ2) is 10.3. The summed E-state index contributed by atoms with van der Waals surface area (Å²) in [6.45, 7) is 0.980. The third kappa shape index (κ3) is 6.96. The Morgan fingerprint density at radius 3 is 1.60 bits per heavy atom. The van der Waals surface area contributed by atoms with Crippen molar-refractivity contribution in [3.8, 4) is 0 Å². The number of ether oxygens (including phenoxy) is 2. The van der Waals surface area contributed by atoms with E-state index in [9.17, 15) is 19.2 Å². The van der Waals surface area contributed by atoms with Crippen LogP contribution in [0.25, 0.3) is 0 Å². The molecule has 0 bridgehead atoms. The summed E-state index contributed by atoms with van der Waals surface area (Å²) in [6, 6.07) is 0. The Bertz CT molecular complexity index is 454. The lowest BCUT2D eigenvalue weighted by Crippen LogP contribution is -2.24. The summed E-state index contributed by atoms with van der Waals surface area (Å²) in [4.78, 5) is 46.8. The Labute approximate surface area is 148 Å². The minimum absolute atomic E-state index is 0.0991. The van der Waals surface area contributed by atoms with Gasteiger partial charge in [-0.2, -0.15) is 0 Å². The largest absolute Gasteiger partial charge is 0.465 e. The van der Waals surface area contributed by atoms with Crippen LogP contribution < -0.4 is 0 Å². The maximum absolute atomic E-state index is 11.9. The van der Waals surface area contributed by atoms with Gasteiger partial charge in [-0.25, -0.2) is 0 Å². The molecule has 2 saturated heterocycles. The van der Waals surface area contributed by atoms with Gasteiger partial charge in [0.15, 0.2) is 0 Å². The minimum Gasteiger partial charge on any atom is -0.465 e. The number of cyclic esters (lactones) is 2. The van der Waals surface area contributed by atoms with E-state index in [2.05, 4.69) is 0 Å². The molecule has 0 aromatic heterocycles. The molecule has 2 unspecified atom stereocenters. The first-order valence-corrected chi connectivity index (χ1v) is 9.43. The van der Waals surface area contributed by atoms with E-state index in [0.29, 0.717) is 58.2 Å². The van der Waals surface area contributed by atoms with Gasteiger partial charge in [-0.05, 0) is 44.9 Å². The zero-order valence-electron chi connectivity index (χ0n) is 14.8. The van der Waals surface area contributed by atoms with E-state index >= 15 is 0 Å². The monoisotopic (exact) mass is 352 g/mol. The van der Waals surface area contributed by atoms with Crippen LogP contribution in [0.1, 0.15) is 70.6 Å². The molecular weight excluding hydrogens is 324 g/mol. The van der Waals surface area contributed by atoms with Gasteiger partial charge in [-0.3, -0.25) is 19.2 Å². The van der Waals surface area contributed by atoms with Crippen LogP contribution in [0.2, 0.25) is 0 Å². The second-order valence-corrected chi connectivity index (χ2v) is 7.02. The van der Waals surface area contributed by atoms with Gasteiger partial charge in [0, 0.05) is 25.7 Å². The van der Waals surface area contributed by atoms with E-state index in [-0.39, 0.29) is 35.3 Å². The first kappa shape index (κ1) is 19.6. The zero-order chi connectivity index (χ0) is 18.1. The lowest BCUT2D eigenvalue weighted by atomic mass is 9.93. The third-order valence-electron chi connectivity index (χ3n) is 5.00. The number of hydrogen-bond donors (Lipinski definition) is 0. The predicted octanol–water partition coefficient (Wildman–Crippen LogP) is 2.76. The summed E-state index contributed by atoms with van der Waals surface area (Å²) in [6.07, 6.45) is 6.48. The van der Waals surface area contributed by atoms with Crippen LogP contribution in [0.4, 0.5) is 0 Å². The number of ketones is 2. The van der Waals surface area contributed by atoms with Crippen molar-refractivity contribution < 1.29 is 28.7 Å². The van der Waals surface area contributed by atoms with Gasteiger partial charge >= 0.3 is 11.9 Å². The van der Waals surface area contributed by atoms with Crippen molar-refractivity contribution in [1.82, 2.24) is 0 Å². The molecular formula is C19H28O6. The molecule has 2 atom stereocenters. The van der Waals surface area contributed by atoms with Gasteiger partial charge in [0.2, 0.25) is 0 Å². The molecule has 25 heavy (non-hydrogen) atoms. The van der Waals surface area contributed by atoms with Crippen molar-refractivity contribution in [1.29, 1.82) is 0 Å². The summed E-state index contributed by atoms with van der Waals surface area (Å²) in [5, 5.41) is 0. The molecule has 2 rings (SSSR count). The number of esters is 2. The van der Waals surface area contributed by atoms with Crippen LogP contribution in [-0.4, -0.2) is 36.7 Å². The normalized spacial score (nSPS) is 23.7. The van der Waals surface area contributed by atoms with Crippen LogP contribution in [0, 0.1) is 11.8 Å². The summed E-state index contributed by atoms with van der Waals surface area (Å²) in [7, 11) is 0. The molecule has 2 aliphatic heterocycles. The SMILES string of the molecule is O=C(CCCC(=O)CCC1CCCOC1=O)CCC1CCCOC1=O. The second-order valence-electron chi connectivity index (χ2n) is 7.02. The molecule has 0 aliphatic carbocycles. The molecule has 0 spiro atoms. The molecule has 140 valence electrons. The van der Waals surface area contributed by atoms with Gasteiger partial charge in [0.1, 0.15) is 11.6 Å². The molecule has 0 aromatic carbocycles. The average Bonchev–Trinajstić information content (AvgIpc) is 2.60. The maximum Gasteiger partial charge on any atom is 0.308 e. The maximum atomic E-state index is 11.9. The lowest BCUT2D eigenvalue weighted by Gasteiger charge is -2.20. The van der Waals surface area contributed by atoms with Gasteiger partial charge in [0.25, 0.3) is 0 Å². The van der Waals surface area contributed by atoms with Crippen LogP contribution in [0.3, 0.4) is 0 Å². The molecule has 2 heterocycles. The molecule has 2 fully saturated rings. The molecule has 0 radical (unpaired) electrons. The lowest BCUT2D eigenvalue weighted by molar-refractivity contribution is -0.154. The first-order chi connectivity index (χ1) is 12.1. The van der Waals surface area contributed by atoms with Crippen molar-refractivity contribution in [2.24, 2.45) is 11.8 Å². The highest BCUT2D eigenvalue weighted by Gasteiger charge is 2.25. The van der Waals surface area contributed by atoms with E-state index in [4.69, 9.17) is 9.47 Å². The summed E-state index contributed by atoms with van der Waals surface area (Å²) in [5.74, 6) is -0.459. The molecule has 6 heteroatoms. The number of carbonyl (C=O) groups excluding carboxylic acids is 4. The van der Waals surface area contributed by atoms with Crippen LogP contribution in [-0.2, 0) is 28.7 Å². The van der Waals surface area contributed by atoms with Crippen molar-refractivity contribution in [3.05, 3.63) is 0 Å². The third-order valence-corrected chi connectivity index (χ3v) is 5.00. The molecule has 0 amide bonds. The molecule has 0 saturated carbocycles. The van der Waals surface area contributed by atoms with E-state index in [1.807, 2.05) is 0 Å². The smallest absolute Gasteiger partial charge is 0.308 e. The number of carbonyl (C=O) groups is 4. The predicted molar refractivity (Wildman–Crippen MR) is 89.7 cm³/mol. The average molecular weight is 352 g/mol. The minimum atomic E-state index is -0.185. The Hall–Kier alpha value is -1.72. The highest BCUT2D eigenvalue weighted by molar-refractivity contribution is 5.82. The number of hydrogen-bond acceptors (Lipinski definition) is 6. The van der Waals surface area contributed by atoms with Gasteiger partial charge < -0.3 is 9.47 Å². The fraction of sp³-hybridized carbons (Fsp3) is 0.789. The number of rotatable bonds is 10. The van der Waals surface area contributed by atoms with E-state index in [1.54, 1.807) is 0 Å².